The van der Waals surface area contributed by atoms with E-state index in [1.807, 2.05) is 0 Å². The summed E-state index contributed by atoms with van der Waals surface area (Å²) in [5.74, 6) is 0.0539. The molecule has 172 valence electrons. The number of esters is 2. The molecular formula is C24H34O7. The molecule has 4 fully saturated rings. The summed E-state index contributed by atoms with van der Waals surface area (Å²) in [4.78, 5) is 24.0. The van der Waals surface area contributed by atoms with Gasteiger partial charge in [-0.05, 0) is 43.6 Å². The third kappa shape index (κ3) is 2.99. The second-order valence-electron chi connectivity index (χ2n) is 10.5. The van der Waals surface area contributed by atoms with Gasteiger partial charge in [0, 0.05) is 25.2 Å². The summed E-state index contributed by atoms with van der Waals surface area (Å²) in [7, 11) is 0. The van der Waals surface area contributed by atoms with Gasteiger partial charge in [-0.25, -0.2) is 0 Å². The second-order valence-corrected chi connectivity index (χ2v) is 10.5. The van der Waals surface area contributed by atoms with E-state index in [1.54, 1.807) is 6.26 Å². The average Bonchev–Trinajstić information content (AvgIpc) is 3.15. The number of hydrogen-bond acceptors (Lipinski definition) is 7. The van der Waals surface area contributed by atoms with Crippen molar-refractivity contribution in [3.05, 3.63) is 12.3 Å². The Bertz CT molecular complexity index is 789. The molecule has 0 aromatic rings. The lowest BCUT2D eigenvalue weighted by atomic mass is 9.42. The first-order valence-electron chi connectivity index (χ1n) is 11.6. The Morgan fingerprint density at radius 1 is 1.19 bits per heavy atom. The van der Waals surface area contributed by atoms with Gasteiger partial charge in [-0.2, -0.15) is 0 Å². The van der Waals surface area contributed by atoms with Gasteiger partial charge in [0.1, 0.15) is 18.3 Å². The lowest BCUT2D eigenvalue weighted by Gasteiger charge is -2.64. The van der Waals surface area contributed by atoms with Gasteiger partial charge in [0.2, 0.25) is 6.29 Å². The highest BCUT2D eigenvalue weighted by Gasteiger charge is 2.76. The van der Waals surface area contributed by atoms with Crippen molar-refractivity contribution in [1.82, 2.24) is 0 Å². The van der Waals surface area contributed by atoms with Crippen LogP contribution in [0.4, 0.5) is 0 Å². The van der Waals surface area contributed by atoms with Crippen LogP contribution in [0.3, 0.4) is 0 Å². The van der Waals surface area contributed by atoms with Gasteiger partial charge >= 0.3 is 11.9 Å². The highest BCUT2D eigenvalue weighted by Crippen LogP contribution is 2.70. The molecule has 5 rings (SSSR count). The van der Waals surface area contributed by atoms with E-state index in [2.05, 4.69) is 19.9 Å². The Hall–Kier alpha value is -1.60. The van der Waals surface area contributed by atoms with Crippen LogP contribution >= 0.6 is 0 Å². The van der Waals surface area contributed by atoms with Crippen molar-refractivity contribution in [3.63, 3.8) is 0 Å². The summed E-state index contributed by atoms with van der Waals surface area (Å²) < 4.78 is 30.0. The zero-order valence-corrected chi connectivity index (χ0v) is 18.9. The molecule has 0 radical (unpaired) electrons. The van der Waals surface area contributed by atoms with Crippen molar-refractivity contribution in [2.45, 2.75) is 83.9 Å². The summed E-state index contributed by atoms with van der Waals surface area (Å²) >= 11 is 0. The van der Waals surface area contributed by atoms with Crippen LogP contribution in [0.25, 0.3) is 0 Å². The van der Waals surface area contributed by atoms with Crippen LogP contribution in [0.1, 0.15) is 59.8 Å². The van der Waals surface area contributed by atoms with Crippen LogP contribution in [0.2, 0.25) is 0 Å². The van der Waals surface area contributed by atoms with E-state index >= 15 is 0 Å². The summed E-state index contributed by atoms with van der Waals surface area (Å²) in [6.07, 6.45) is 7.82. The van der Waals surface area contributed by atoms with Crippen LogP contribution in [-0.2, 0) is 33.3 Å². The molecule has 9 atom stereocenters. The quantitative estimate of drug-likeness (QED) is 0.496. The minimum Gasteiger partial charge on any atom is -0.472 e. The molecule has 2 saturated heterocycles. The first-order chi connectivity index (χ1) is 14.7. The molecule has 2 aliphatic carbocycles. The molecule has 5 aliphatic rings. The van der Waals surface area contributed by atoms with Gasteiger partial charge in [0.15, 0.2) is 0 Å². The number of epoxide rings is 1. The third-order valence-electron chi connectivity index (χ3n) is 9.18. The maximum absolute atomic E-state index is 12.1. The van der Waals surface area contributed by atoms with Gasteiger partial charge in [-0.15, -0.1) is 0 Å². The number of rotatable bonds is 4. The van der Waals surface area contributed by atoms with Crippen LogP contribution in [-0.4, -0.2) is 49.3 Å². The van der Waals surface area contributed by atoms with E-state index in [4.69, 9.17) is 23.7 Å². The Morgan fingerprint density at radius 2 is 1.97 bits per heavy atom. The molecule has 0 unspecified atom stereocenters. The van der Waals surface area contributed by atoms with Gasteiger partial charge < -0.3 is 23.7 Å². The minimum atomic E-state index is -0.568. The Balaban J connectivity index is 1.58. The first-order valence-corrected chi connectivity index (χ1v) is 11.6. The lowest BCUT2D eigenvalue weighted by Crippen LogP contribution is -2.69. The standard InChI is InChI=1S/C24H34O7/c1-14-10-20(30-16(3)26)24(13-28-15(2)25)18(6-5-8-23(24)12-29-23)22(14,4)19-11-17-7-9-27-21(17)31-19/h7,9,14,17-21H,5-6,8,10-13H2,1-4H3/t14-,17-,18-,19+,20+,21+,22+,23+,24+/m1/s1. The Morgan fingerprint density at radius 3 is 2.61 bits per heavy atom. The zero-order valence-electron chi connectivity index (χ0n) is 18.9. The molecule has 1 spiro atoms. The van der Waals surface area contributed by atoms with Gasteiger partial charge in [0.05, 0.1) is 24.4 Å². The SMILES string of the molecule is CC(=O)OC[C@@]12[C@@H](OC(C)=O)C[C@@H](C)[C@](C)([C@@H]3C[C@H]4C=CO[C@H]4O3)[C@H]1CCC[C@]21CO1. The second kappa shape index (κ2) is 7.20. The number of ether oxygens (including phenoxy) is 5. The van der Waals surface area contributed by atoms with Crippen LogP contribution in [0.15, 0.2) is 12.3 Å². The summed E-state index contributed by atoms with van der Waals surface area (Å²) in [6.45, 7) is 8.30. The topological polar surface area (TPSA) is 83.6 Å². The highest BCUT2D eigenvalue weighted by molar-refractivity contribution is 5.67. The van der Waals surface area contributed by atoms with Crippen LogP contribution in [0.5, 0.6) is 0 Å². The molecule has 3 aliphatic heterocycles. The third-order valence-corrected chi connectivity index (χ3v) is 9.18. The monoisotopic (exact) mass is 434 g/mol. The highest BCUT2D eigenvalue weighted by atomic mass is 16.7. The molecule has 0 aromatic heterocycles. The normalized spacial score (nSPS) is 49.8. The molecular weight excluding hydrogens is 400 g/mol. The fourth-order valence-corrected chi connectivity index (χ4v) is 7.46. The van der Waals surface area contributed by atoms with Gasteiger partial charge in [0.25, 0.3) is 0 Å². The maximum atomic E-state index is 12.1. The van der Waals surface area contributed by atoms with Crippen LogP contribution in [0, 0.1) is 28.6 Å². The summed E-state index contributed by atoms with van der Waals surface area (Å²) in [5, 5.41) is 0. The predicted molar refractivity (Wildman–Crippen MR) is 110 cm³/mol. The molecule has 7 nitrogen and oxygen atoms in total. The van der Waals surface area contributed by atoms with Gasteiger partial charge in [-0.3, -0.25) is 9.59 Å². The van der Waals surface area contributed by atoms with E-state index in [-0.39, 0.29) is 60.2 Å². The molecule has 0 bridgehead atoms. The fourth-order valence-electron chi connectivity index (χ4n) is 7.46. The van der Waals surface area contributed by atoms with E-state index in [0.717, 1.165) is 25.7 Å². The molecule has 3 heterocycles. The number of carbonyl (C=O) groups is 2. The molecule has 0 N–H and O–H groups in total. The molecule has 31 heavy (non-hydrogen) atoms. The predicted octanol–water partition coefficient (Wildman–Crippen LogP) is 3.36. The number of carbonyl (C=O) groups excluding carboxylic acids is 2. The molecule has 0 aromatic carbocycles. The van der Waals surface area contributed by atoms with Crippen LogP contribution < -0.4 is 0 Å². The minimum absolute atomic E-state index is 0.0244. The fraction of sp³-hybridized carbons (Fsp3) is 0.833. The largest absolute Gasteiger partial charge is 0.472 e. The first kappa shape index (κ1) is 21.3. The zero-order chi connectivity index (χ0) is 22.0. The summed E-state index contributed by atoms with van der Waals surface area (Å²) in [6, 6.07) is 0. The van der Waals surface area contributed by atoms with E-state index < -0.39 is 11.0 Å². The number of hydrogen-bond donors (Lipinski definition) is 0. The molecule has 0 amide bonds. The maximum Gasteiger partial charge on any atom is 0.302 e. The van der Waals surface area contributed by atoms with Crippen molar-refractivity contribution in [3.8, 4) is 0 Å². The van der Waals surface area contributed by atoms with Crippen molar-refractivity contribution < 1.29 is 33.3 Å². The lowest BCUT2D eigenvalue weighted by molar-refractivity contribution is -0.253. The van der Waals surface area contributed by atoms with E-state index in [9.17, 15) is 9.59 Å². The molecule has 7 heteroatoms. The van der Waals surface area contributed by atoms with Gasteiger partial charge in [-0.1, -0.05) is 20.3 Å². The number of fused-ring (bicyclic) bond motifs is 3. The van der Waals surface area contributed by atoms with Crippen molar-refractivity contribution in [2.24, 2.45) is 28.6 Å². The van der Waals surface area contributed by atoms with Crippen molar-refractivity contribution >= 4 is 11.9 Å². The van der Waals surface area contributed by atoms with E-state index in [1.165, 1.54) is 13.8 Å². The Kier molecular flexibility index (Phi) is 4.94. The van der Waals surface area contributed by atoms with Crippen molar-refractivity contribution in [2.75, 3.05) is 13.2 Å². The molecule has 2 saturated carbocycles. The van der Waals surface area contributed by atoms with E-state index in [0.29, 0.717) is 13.0 Å². The summed E-state index contributed by atoms with van der Waals surface area (Å²) in [5.41, 5.74) is -1.16. The van der Waals surface area contributed by atoms with Crippen molar-refractivity contribution in [1.29, 1.82) is 0 Å². The smallest absolute Gasteiger partial charge is 0.302 e. The average molecular weight is 435 g/mol. The Labute approximate surface area is 183 Å².